The summed E-state index contributed by atoms with van der Waals surface area (Å²) in [5.74, 6) is 0.263. The standard InChI is InChI=1S/C14H22N2O2S/c17-11-10-15-6-2-7-16(9-8-15)14(18)5-4-13-3-1-12-19-13/h1,3,12,17H,2,4-11H2. The van der Waals surface area contributed by atoms with Gasteiger partial charge < -0.3 is 10.0 Å². The smallest absolute Gasteiger partial charge is 0.222 e. The van der Waals surface area contributed by atoms with Gasteiger partial charge in [0.25, 0.3) is 0 Å². The van der Waals surface area contributed by atoms with E-state index in [1.54, 1.807) is 11.3 Å². The van der Waals surface area contributed by atoms with Gasteiger partial charge in [0.1, 0.15) is 0 Å². The van der Waals surface area contributed by atoms with E-state index in [9.17, 15) is 4.79 Å². The number of carbonyl (C=O) groups is 1. The predicted molar refractivity (Wildman–Crippen MR) is 77.4 cm³/mol. The van der Waals surface area contributed by atoms with E-state index >= 15 is 0 Å². The molecule has 0 saturated carbocycles. The molecular formula is C14H22N2O2S. The summed E-state index contributed by atoms with van der Waals surface area (Å²) >= 11 is 1.72. The molecule has 5 heteroatoms. The van der Waals surface area contributed by atoms with Crippen molar-refractivity contribution in [3.05, 3.63) is 22.4 Å². The second-order valence-electron chi connectivity index (χ2n) is 4.88. The molecule has 1 saturated heterocycles. The molecule has 2 rings (SSSR count). The molecule has 1 amide bonds. The fourth-order valence-corrected chi connectivity index (χ4v) is 3.14. The summed E-state index contributed by atoms with van der Waals surface area (Å²) < 4.78 is 0. The van der Waals surface area contributed by atoms with Gasteiger partial charge in [0, 0.05) is 37.5 Å². The van der Waals surface area contributed by atoms with E-state index in [1.165, 1.54) is 4.88 Å². The molecule has 0 unspecified atom stereocenters. The first-order chi connectivity index (χ1) is 9.29. The maximum atomic E-state index is 12.2. The highest BCUT2D eigenvalue weighted by atomic mass is 32.1. The average molecular weight is 282 g/mol. The molecule has 106 valence electrons. The summed E-state index contributed by atoms with van der Waals surface area (Å²) in [5.41, 5.74) is 0. The number of β-amino-alcohol motifs (C(OH)–C–C–N with tert-alkyl or cyclic N) is 1. The molecule has 0 aliphatic carbocycles. The molecule has 2 heterocycles. The van der Waals surface area contributed by atoms with Crippen LogP contribution in [-0.4, -0.2) is 60.1 Å². The lowest BCUT2D eigenvalue weighted by Crippen LogP contribution is -2.36. The molecule has 1 aliphatic rings. The molecule has 0 radical (unpaired) electrons. The third-order valence-electron chi connectivity index (χ3n) is 3.52. The van der Waals surface area contributed by atoms with Crippen LogP contribution in [0.4, 0.5) is 0 Å². The van der Waals surface area contributed by atoms with E-state index in [2.05, 4.69) is 16.3 Å². The number of nitrogens with zero attached hydrogens (tertiary/aromatic N) is 2. The number of hydrogen-bond donors (Lipinski definition) is 1. The number of thiophene rings is 1. The molecule has 1 aromatic heterocycles. The predicted octanol–water partition coefficient (Wildman–Crippen LogP) is 1.21. The van der Waals surface area contributed by atoms with Crippen LogP contribution in [0, 0.1) is 0 Å². The Morgan fingerprint density at radius 2 is 2.21 bits per heavy atom. The highest BCUT2D eigenvalue weighted by Crippen LogP contribution is 2.12. The Balaban J connectivity index is 1.76. The fourth-order valence-electron chi connectivity index (χ4n) is 2.43. The zero-order valence-electron chi connectivity index (χ0n) is 11.3. The first kappa shape index (κ1) is 14.5. The summed E-state index contributed by atoms with van der Waals surface area (Å²) in [6, 6.07) is 4.12. The van der Waals surface area contributed by atoms with Crippen molar-refractivity contribution >= 4 is 17.2 Å². The lowest BCUT2D eigenvalue weighted by Gasteiger charge is -2.21. The van der Waals surface area contributed by atoms with Gasteiger partial charge in [-0.2, -0.15) is 0 Å². The van der Waals surface area contributed by atoms with Crippen LogP contribution in [0.15, 0.2) is 17.5 Å². The molecule has 1 N–H and O–H groups in total. The molecule has 0 atom stereocenters. The second-order valence-corrected chi connectivity index (χ2v) is 5.91. The lowest BCUT2D eigenvalue weighted by molar-refractivity contribution is -0.131. The van der Waals surface area contributed by atoms with Gasteiger partial charge in [-0.1, -0.05) is 6.07 Å². The van der Waals surface area contributed by atoms with E-state index < -0.39 is 0 Å². The minimum atomic E-state index is 0.201. The number of amides is 1. The van der Waals surface area contributed by atoms with E-state index in [-0.39, 0.29) is 12.5 Å². The first-order valence-corrected chi connectivity index (χ1v) is 7.81. The number of aryl methyl sites for hydroxylation is 1. The van der Waals surface area contributed by atoms with Crippen molar-refractivity contribution in [2.45, 2.75) is 19.3 Å². The molecule has 19 heavy (non-hydrogen) atoms. The maximum Gasteiger partial charge on any atom is 0.222 e. The monoisotopic (exact) mass is 282 g/mol. The maximum absolute atomic E-state index is 12.2. The molecule has 1 aromatic rings. The van der Waals surface area contributed by atoms with E-state index in [0.717, 1.165) is 45.6 Å². The van der Waals surface area contributed by atoms with Crippen LogP contribution in [0.3, 0.4) is 0 Å². The molecule has 0 spiro atoms. The van der Waals surface area contributed by atoms with Crippen LogP contribution in [0.1, 0.15) is 17.7 Å². The quantitative estimate of drug-likeness (QED) is 0.883. The van der Waals surface area contributed by atoms with Crippen LogP contribution in [0.2, 0.25) is 0 Å². The third-order valence-corrected chi connectivity index (χ3v) is 4.46. The average Bonchev–Trinajstić information content (AvgIpc) is 2.82. The normalized spacial score (nSPS) is 17.4. The molecule has 0 bridgehead atoms. The fraction of sp³-hybridized carbons (Fsp3) is 0.643. The van der Waals surface area contributed by atoms with Crippen LogP contribution in [-0.2, 0) is 11.2 Å². The van der Waals surface area contributed by atoms with Gasteiger partial charge in [0.05, 0.1) is 6.61 Å². The zero-order valence-corrected chi connectivity index (χ0v) is 12.1. The van der Waals surface area contributed by atoms with Crippen molar-refractivity contribution in [1.29, 1.82) is 0 Å². The van der Waals surface area contributed by atoms with Gasteiger partial charge in [-0.15, -0.1) is 11.3 Å². The van der Waals surface area contributed by atoms with E-state index in [1.807, 2.05) is 11.0 Å². The number of carbonyl (C=O) groups excluding carboxylic acids is 1. The number of hydrogen-bond acceptors (Lipinski definition) is 4. The Labute approximate surface area is 118 Å². The largest absolute Gasteiger partial charge is 0.395 e. The Morgan fingerprint density at radius 3 is 2.95 bits per heavy atom. The van der Waals surface area contributed by atoms with Crippen molar-refractivity contribution in [3.8, 4) is 0 Å². The molecule has 0 aromatic carbocycles. The van der Waals surface area contributed by atoms with Gasteiger partial charge in [0.2, 0.25) is 5.91 Å². The van der Waals surface area contributed by atoms with Gasteiger partial charge in [-0.3, -0.25) is 9.69 Å². The van der Waals surface area contributed by atoms with Crippen LogP contribution >= 0.6 is 11.3 Å². The summed E-state index contributed by atoms with van der Waals surface area (Å²) in [7, 11) is 0. The minimum absolute atomic E-state index is 0.201. The Morgan fingerprint density at radius 1 is 1.32 bits per heavy atom. The topological polar surface area (TPSA) is 43.8 Å². The third kappa shape index (κ3) is 4.60. The van der Waals surface area contributed by atoms with Crippen molar-refractivity contribution in [2.75, 3.05) is 39.3 Å². The Kier molecular flexibility index (Phi) is 5.82. The highest BCUT2D eigenvalue weighted by Gasteiger charge is 2.18. The first-order valence-electron chi connectivity index (χ1n) is 6.93. The van der Waals surface area contributed by atoms with Crippen LogP contribution < -0.4 is 0 Å². The molecule has 4 nitrogen and oxygen atoms in total. The summed E-state index contributed by atoms with van der Waals surface area (Å²) in [6.07, 6.45) is 2.47. The van der Waals surface area contributed by atoms with Gasteiger partial charge >= 0.3 is 0 Å². The zero-order chi connectivity index (χ0) is 13.5. The van der Waals surface area contributed by atoms with Gasteiger partial charge in [0.15, 0.2) is 0 Å². The number of aliphatic hydroxyl groups excluding tert-OH is 1. The van der Waals surface area contributed by atoms with Crippen molar-refractivity contribution in [3.63, 3.8) is 0 Å². The highest BCUT2D eigenvalue weighted by molar-refractivity contribution is 7.09. The lowest BCUT2D eigenvalue weighted by atomic mass is 10.2. The van der Waals surface area contributed by atoms with Crippen molar-refractivity contribution in [2.24, 2.45) is 0 Å². The van der Waals surface area contributed by atoms with Gasteiger partial charge in [-0.05, 0) is 30.8 Å². The number of aliphatic hydroxyl groups is 1. The Bertz CT molecular complexity index is 381. The Hall–Kier alpha value is -0.910. The number of rotatable bonds is 5. The molecule has 1 fully saturated rings. The van der Waals surface area contributed by atoms with E-state index in [0.29, 0.717) is 6.42 Å². The summed E-state index contributed by atoms with van der Waals surface area (Å²) in [4.78, 5) is 17.7. The molecule has 1 aliphatic heterocycles. The minimum Gasteiger partial charge on any atom is -0.395 e. The van der Waals surface area contributed by atoms with Crippen molar-refractivity contribution < 1.29 is 9.90 Å². The second kappa shape index (κ2) is 7.62. The van der Waals surface area contributed by atoms with Gasteiger partial charge in [-0.25, -0.2) is 0 Å². The summed E-state index contributed by atoms with van der Waals surface area (Å²) in [6.45, 7) is 4.43. The molecular weight excluding hydrogens is 260 g/mol. The van der Waals surface area contributed by atoms with E-state index in [4.69, 9.17) is 5.11 Å². The van der Waals surface area contributed by atoms with Crippen LogP contribution in [0.25, 0.3) is 0 Å². The van der Waals surface area contributed by atoms with Crippen LogP contribution in [0.5, 0.6) is 0 Å². The van der Waals surface area contributed by atoms with Crippen molar-refractivity contribution in [1.82, 2.24) is 9.80 Å². The summed E-state index contributed by atoms with van der Waals surface area (Å²) in [5, 5.41) is 11.0. The SMILES string of the molecule is O=C(CCc1cccs1)N1CCCN(CCO)CC1.